The summed E-state index contributed by atoms with van der Waals surface area (Å²) in [6, 6.07) is 16.7. The summed E-state index contributed by atoms with van der Waals surface area (Å²) in [6.45, 7) is 4.89. The Hall–Kier alpha value is -2.44. The number of nitrogens with zero attached hydrogens (tertiary/aromatic N) is 1. The SMILES string of the molecule is CC(C)c1c(Br)c(-c2ccccc2)c(-c2ccc(F)cc2)n1CC[C@@H]1C[C@@H](O)CC(=O)O1. The third-order valence-electron chi connectivity index (χ3n) is 5.88. The number of aliphatic hydroxyl groups excluding tert-OH is 1. The van der Waals surface area contributed by atoms with Gasteiger partial charge in [-0.1, -0.05) is 44.2 Å². The topological polar surface area (TPSA) is 51.5 Å². The van der Waals surface area contributed by atoms with Gasteiger partial charge in [0.1, 0.15) is 11.9 Å². The minimum atomic E-state index is -0.654. The van der Waals surface area contributed by atoms with E-state index in [2.05, 4.69) is 46.5 Å². The molecule has 1 aliphatic rings. The number of aromatic nitrogens is 1. The van der Waals surface area contributed by atoms with Gasteiger partial charge in [-0.2, -0.15) is 0 Å². The number of cyclic esters (lactones) is 1. The van der Waals surface area contributed by atoms with Crippen molar-refractivity contribution < 1.29 is 19.0 Å². The molecule has 32 heavy (non-hydrogen) atoms. The number of halogens is 2. The highest BCUT2D eigenvalue weighted by molar-refractivity contribution is 9.10. The molecule has 1 aliphatic heterocycles. The molecule has 3 aromatic rings. The fraction of sp³-hybridized carbons (Fsp3) is 0.346. The zero-order valence-corrected chi connectivity index (χ0v) is 19.8. The van der Waals surface area contributed by atoms with Crippen LogP contribution in [0.3, 0.4) is 0 Å². The normalized spacial score (nSPS) is 18.8. The van der Waals surface area contributed by atoms with Crippen LogP contribution in [0.25, 0.3) is 22.4 Å². The fourth-order valence-electron chi connectivity index (χ4n) is 4.49. The zero-order chi connectivity index (χ0) is 22.8. The van der Waals surface area contributed by atoms with E-state index < -0.39 is 6.10 Å². The number of hydrogen-bond acceptors (Lipinski definition) is 3. The van der Waals surface area contributed by atoms with Crippen LogP contribution < -0.4 is 0 Å². The number of hydrogen-bond donors (Lipinski definition) is 1. The number of esters is 1. The molecule has 0 radical (unpaired) electrons. The quantitative estimate of drug-likeness (QED) is 0.404. The largest absolute Gasteiger partial charge is 0.462 e. The molecule has 1 fully saturated rings. The summed E-state index contributed by atoms with van der Waals surface area (Å²) in [4.78, 5) is 11.8. The smallest absolute Gasteiger partial charge is 0.308 e. The third kappa shape index (κ3) is 4.66. The number of carbonyl (C=O) groups is 1. The Morgan fingerprint density at radius 2 is 1.81 bits per heavy atom. The first-order valence-electron chi connectivity index (χ1n) is 11.0. The summed E-state index contributed by atoms with van der Waals surface area (Å²) in [7, 11) is 0. The Morgan fingerprint density at radius 1 is 1.12 bits per heavy atom. The standard InChI is InChI=1S/C26H27BrFNO3/c1-16(2)25-24(27)23(17-6-4-3-5-7-17)26(18-8-10-19(28)11-9-18)29(25)13-12-21-14-20(30)15-22(31)32-21/h3-11,16,20-21,30H,12-15H2,1-2H3/t20-,21-/m1/s1. The van der Waals surface area contributed by atoms with E-state index in [0.29, 0.717) is 19.4 Å². The Morgan fingerprint density at radius 3 is 2.44 bits per heavy atom. The molecule has 1 saturated heterocycles. The van der Waals surface area contributed by atoms with Crippen molar-refractivity contribution >= 4 is 21.9 Å². The van der Waals surface area contributed by atoms with Gasteiger partial charge in [0.05, 0.1) is 18.2 Å². The summed E-state index contributed by atoms with van der Waals surface area (Å²) in [5.41, 5.74) is 5.17. The molecule has 0 amide bonds. The van der Waals surface area contributed by atoms with Gasteiger partial charge in [0.2, 0.25) is 0 Å². The Labute approximate surface area is 196 Å². The minimum Gasteiger partial charge on any atom is -0.462 e. The molecule has 2 atom stereocenters. The van der Waals surface area contributed by atoms with Gasteiger partial charge in [-0.3, -0.25) is 4.79 Å². The van der Waals surface area contributed by atoms with Crippen LogP contribution in [0.15, 0.2) is 59.1 Å². The molecule has 0 bridgehead atoms. The molecule has 168 valence electrons. The van der Waals surface area contributed by atoms with Gasteiger partial charge in [-0.05, 0) is 57.2 Å². The maximum atomic E-state index is 13.7. The van der Waals surface area contributed by atoms with Crippen LogP contribution in [0.4, 0.5) is 4.39 Å². The van der Waals surface area contributed by atoms with E-state index in [1.807, 2.05) is 18.2 Å². The number of ether oxygens (including phenoxy) is 1. The van der Waals surface area contributed by atoms with Crippen LogP contribution in [0.1, 0.15) is 44.7 Å². The first-order chi connectivity index (χ1) is 15.3. The molecule has 0 saturated carbocycles. The maximum absolute atomic E-state index is 13.7. The lowest BCUT2D eigenvalue weighted by molar-refractivity contribution is -0.160. The number of benzene rings is 2. The van der Waals surface area contributed by atoms with Crippen molar-refractivity contribution in [3.8, 4) is 22.4 Å². The summed E-state index contributed by atoms with van der Waals surface area (Å²) in [5, 5.41) is 9.99. The van der Waals surface area contributed by atoms with Gasteiger partial charge < -0.3 is 14.4 Å². The highest BCUT2D eigenvalue weighted by Crippen LogP contribution is 2.45. The average Bonchev–Trinajstić information content (AvgIpc) is 3.05. The van der Waals surface area contributed by atoms with Crippen LogP contribution in [-0.4, -0.2) is 27.9 Å². The van der Waals surface area contributed by atoms with Crippen molar-refractivity contribution in [1.29, 1.82) is 0 Å². The van der Waals surface area contributed by atoms with E-state index >= 15 is 0 Å². The van der Waals surface area contributed by atoms with Crippen molar-refractivity contribution in [2.75, 3.05) is 0 Å². The van der Waals surface area contributed by atoms with Crippen molar-refractivity contribution in [2.45, 2.75) is 57.8 Å². The van der Waals surface area contributed by atoms with E-state index in [1.165, 1.54) is 12.1 Å². The van der Waals surface area contributed by atoms with E-state index in [1.54, 1.807) is 12.1 Å². The van der Waals surface area contributed by atoms with Gasteiger partial charge in [0.15, 0.2) is 0 Å². The van der Waals surface area contributed by atoms with Crippen molar-refractivity contribution in [3.63, 3.8) is 0 Å². The van der Waals surface area contributed by atoms with Gasteiger partial charge in [0, 0.05) is 35.1 Å². The second-order valence-corrected chi connectivity index (χ2v) is 9.39. The monoisotopic (exact) mass is 499 g/mol. The van der Waals surface area contributed by atoms with E-state index in [-0.39, 0.29) is 30.2 Å². The molecule has 1 N–H and O–H groups in total. The molecular formula is C26H27BrFNO3. The first kappa shape index (κ1) is 22.7. The molecule has 1 aromatic heterocycles. The van der Waals surface area contributed by atoms with Gasteiger partial charge >= 0.3 is 5.97 Å². The first-order valence-corrected chi connectivity index (χ1v) is 11.7. The molecule has 0 spiro atoms. The van der Waals surface area contributed by atoms with E-state index in [0.717, 1.165) is 32.6 Å². The summed E-state index contributed by atoms with van der Waals surface area (Å²) in [6.07, 6.45) is 0.114. The second-order valence-electron chi connectivity index (χ2n) is 8.60. The molecule has 0 aliphatic carbocycles. The molecule has 2 heterocycles. The highest BCUT2D eigenvalue weighted by Gasteiger charge is 2.29. The summed E-state index contributed by atoms with van der Waals surface area (Å²) < 4.78 is 22.5. The van der Waals surface area contributed by atoms with Crippen LogP contribution >= 0.6 is 15.9 Å². The predicted octanol–water partition coefficient (Wildman–Crippen LogP) is 6.30. The van der Waals surface area contributed by atoms with Crippen LogP contribution in [-0.2, 0) is 16.1 Å². The van der Waals surface area contributed by atoms with Gasteiger partial charge in [-0.25, -0.2) is 4.39 Å². The van der Waals surface area contributed by atoms with Gasteiger partial charge in [0.25, 0.3) is 0 Å². The van der Waals surface area contributed by atoms with E-state index in [9.17, 15) is 14.3 Å². The third-order valence-corrected chi connectivity index (χ3v) is 6.68. The second kappa shape index (κ2) is 9.59. The van der Waals surface area contributed by atoms with Crippen molar-refractivity contribution in [1.82, 2.24) is 4.57 Å². The molecule has 6 heteroatoms. The summed E-state index contributed by atoms with van der Waals surface area (Å²) >= 11 is 3.87. The molecular weight excluding hydrogens is 473 g/mol. The van der Waals surface area contributed by atoms with Crippen LogP contribution in [0.5, 0.6) is 0 Å². The predicted molar refractivity (Wildman–Crippen MR) is 127 cm³/mol. The van der Waals surface area contributed by atoms with Crippen molar-refractivity contribution in [3.05, 3.63) is 70.6 Å². The lowest BCUT2D eigenvalue weighted by Crippen LogP contribution is -2.33. The van der Waals surface area contributed by atoms with Crippen LogP contribution in [0, 0.1) is 5.82 Å². The molecule has 4 rings (SSSR count). The fourth-order valence-corrected chi connectivity index (χ4v) is 5.58. The maximum Gasteiger partial charge on any atom is 0.308 e. The highest BCUT2D eigenvalue weighted by atomic mass is 79.9. The zero-order valence-electron chi connectivity index (χ0n) is 18.2. The lowest BCUT2D eigenvalue weighted by atomic mass is 10.0. The number of carbonyl (C=O) groups excluding carboxylic acids is 1. The Balaban J connectivity index is 1.83. The Bertz CT molecular complexity index is 1090. The Kier molecular flexibility index (Phi) is 6.82. The summed E-state index contributed by atoms with van der Waals surface area (Å²) in [5.74, 6) is -0.407. The lowest BCUT2D eigenvalue weighted by Gasteiger charge is -2.27. The number of rotatable bonds is 6. The average molecular weight is 500 g/mol. The molecule has 4 nitrogen and oxygen atoms in total. The van der Waals surface area contributed by atoms with Crippen LogP contribution in [0.2, 0.25) is 0 Å². The molecule has 0 unspecified atom stereocenters. The minimum absolute atomic E-state index is 0.0573. The van der Waals surface area contributed by atoms with Crippen molar-refractivity contribution in [2.24, 2.45) is 0 Å². The molecule has 2 aromatic carbocycles. The van der Waals surface area contributed by atoms with Gasteiger partial charge in [-0.15, -0.1) is 0 Å². The number of aliphatic hydroxyl groups is 1. The van der Waals surface area contributed by atoms with E-state index in [4.69, 9.17) is 4.74 Å².